The number of fused-ring (bicyclic) bond motifs is 3. The fourth-order valence-corrected chi connectivity index (χ4v) is 12.3. The third kappa shape index (κ3) is 9.67. The summed E-state index contributed by atoms with van der Waals surface area (Å²) in [4.78, 5) is 7.07. The van der Waals surface area contributed by atoms with Crippen molar-refractivity contribution in [3.05, 3.63) is 335 Å². The zero-order valence-corrected chi connectivity index (χ0v) is 44.3. The van der Waals surface area contributed by atoms with Gasteiger partial charge >= 0.3 is 0 Å². The second-order valence-corrected chi connectivity index (χ2v) is 21.8. The number of hydrogen-bond acceptors (Lipinski definition) is 3. The van der Waals surface area contributed by atoms with Gasteiger partial charge in [0.1, 0.15) is 0 Å². The van der Waals surface area contributed by atoms with Gasteiger partial charge in [0.15, 0.2) is 0 Å². The third-order valence-corrected chi connectivity index (χ3v) is 16.3. The third-order valence-electron chi connectivity index (χ3n) is 15.3. The Morgan fingerprint density at radius 3 is 1.07 bits per heavy atom. The van der Waals surface area contributed by atoms with Crippen molar-refractivity contribution in [2.75, 3.05) is 9.80 Å². The van der Waals surface area contributed by atoms with Crippen LogP contribution in [0.1, 0.15) is 81.3 Å². The largest absolute Gasteiger partial charge is 0.311 e. The lowest BCUT2D eigenvalue weighted by molar-refractivity contribution is 0.657. The zero-order valence-electron chi connectivity index (χ0n) is 43.5. The normalized spacial score (nSPS) is 12.7. The first kappa shape index (κ1) is 48.3. The maximum atomic E-state index is 2.50. The highest BCUT2D eigenvalue weighted by Crippen LogP contribution is 2.52. The number of nitrogens with zero attached hydrogens (tertiary/aromatic N) is 2. The first-order valence-corrected chi connectivity index (χ1v) is 27.3. The summed E-state index contributed by atoms with van der Waals surface area (Å²) in [7, 11) is 0. The number of hydrogen-bond donors (Lipinski definition) is 0. The lowest BCUT2D eigenvalue weighted by Crippen LogP contribution is -2.16. The first-order valence-electron chi connectivity index (χ1n) is 26.5. The average Bonchev–Trinajstić information content (AvgIpc) is 3.70. The molecule has 2 nitrogen and oxygen atoms in total. The van der Waals surface area contributed by atoms with Crippen molar-refractivity contribution < 1.29 is 0 Å². The Hall–Kier alpha value is -8.63. The van der Waals surface area contributed by atoms with Crippen molar-refractivity contribution in [2.24, 2.45) is 0 Å². The van der Waals surface area contributed by atoms with Gasteiger partial charge < -0.3 is 9.80 Å². The predicted octanol–water partition coefficient (Wildman–Crippen LogP) is 20.1. The van der Waals surface area contributed by atoms with Crippen LogP contribution >= 0.6 is 11.8 Å². The number of anilines is 6. The molecule has 0 bridgehead atoms. The Morgan fingerprint density at radius 1 is 0.289 bits per heavy atom. The molecule has 0 N–H and O–H groups in total. The standard InChI is InChI=1S/C73H60N2S/c1-51-28-34-60(35-29-51)74(62-38-42-65(43-39-62)76-66-44-40-63(41-45-66)75(59-25-15-8-16-26-59)64-27-17-18-52(2)48-64)61-36-30-56(31-37-61)72(55-23-13-7-14-24-55)58-33-47-68-67-46-32-57(49-69(67)73(3,4)70(68)50-58)71(53-19-9-5-10-20-53)54-21-11-6-12-22-54/h5-50,71-72H,1-4H3. The zero-order chi connectivity index (χ0) is 51.6. The predicted molar refractivity (Wildman–Crippen MR) is 321 cm³/mol. The number of benzene rings is 11. The van der Waals surface area contributed by atoms with Crippen LogP contribution in [0.2, 0.25) is 0 Å². The summed E-state index contributed by atoms with van der Waals surface area (Å²) in [5.74, 6) is 0.184. The van der Waals surface area contributed by atoms with Gasteiger partial charge in [-0.15, -0.1) is 0 Å². The highest BCUT2D eigenvalue weighted by Gasteiger charge is 2.37. The maximum absolute atomic E-state index is 2.50. The molecule has 0 saturated heterocycles. The second kappa shape index (κ2) is 20.9. The molecule has 1 aliphatic carbocycles. The Labute approximate surface area is 453 Å². The second-order valence-electron chi connectivity index (χ2n) is 20.7. The molecule has 0 saturated carbocycles. The van der Waals surface area contributed by atoms with Gasteiger partial charge in [-0.1, -0.05) is 213 Å². The number of rotatable bonds is 14. The van der Waals surface area contributed by atoms with Crippen molar-refractivity contribution in [1.82, 2.24) is 0 Å². The van der Waals surface area contributed by atoms with Crippen LogP contribution in [0, 0.1) is 13.8 Å². The molecule has 1 unspecified atom stereocenters. The monoisotopic (exact) mass is 996 g/mol. The van der Waals surface area contributed by atoms with Crippen LogP contribution in [0.4, 0.5) is 34.1 Å². The molecule has 11 aromatic carbocycles. The van der Waals surface area contributed by atoms with E-state index in [1.807, 2.05) is 0 Å². The fourth-order valence-electron chi connectivity index (χ4n) is 11.4. The first-order chi connectivity index (χ1) is 37.2. The molecule has 0 spiro atoms. The molecule has 0 fully saturated rings. The number of aryl methyl sites for hydroxylation is 2. The number of para-hydroxylation sites is 1. The van der Waals surface area contributed by atoms with Crippen LogP contribution in [0.25, 0.3) is 11.1 Å². The summed E-state index contributed by atoms with van der Waals surface area (Å²) in [6, 6.07) is 103. The molecular weight excluding hydrogens is 937 g/mol. The molecule has 0 heterocycles. The molecule has 0 radical (unpaired) electrons. The summed E-state index contributed by atoms with van der Waals surface area (Å²) in [5, 5.41) is 0. The molecule has 0 aromatic heterocycles. The molecule has 12 rings (SSSR count). The summed E-state index contributed by atoms with van der Waals surface area (Å²) < 4.78 is 0. The molecule has 1 aliphatic rings. The minimum Gasteiger partial charge on any atom is -0.311 e. The van der Waals surface area contributed by atoms with Gasteiger partial charge in [-0.2, -0.15) is 0 Å². The highest BCUT2D eigenvalue weighted by molar-refractivity contribution is 7.99. The van der Waals surface area contributed by atoms with Gasteiger partial charge in [0, 0.05) is 61.2 Å². The van der Waals surface area contributed by atoms with Crippen molar-refractivity contribution in [2.45, 2.75) is 54.7 Å². The van der Waals surface area contributed by atoms with E-state index in [2.05, 4.69) is 317 Å². The van der Waals surface area contributed by atoms with Gasteiger partial charge in [-0.05, 0) is 172 Å². The lowest BCUT2D eigenvalue weighted by atomic mass is 9.77. The summed E-state index contributed by atoms with van der Waals surface area (Å²) in [6.07, 6.45) is 0. The van der Waals surface area contributed by atoms with E-state index in [0.717, 1.165) is 34.1 Å². The van der Waals surface area contributed by atoms with Gasteiger partial charge in [0.25, 0.3) is 0 Å². The molecule has 11 aromatic rings. The van der Waals surface area contributed by atoms with Crippen LogP contribution in [0.15, 0.2) is 289 Å². The minimum absolute atomic E-state index is 0.0401. The van der Waals surface area contributed by atoms with Gasteiger partial charge in [0.05, 0.1) is 0 Å². The average molecular weight is 997 g/mol. The molecule has 3 heteroatoms. The van der Waals surface area contributed by atoms with Crippen molar-refractivity contribution in [1.29, 1.82) is 0 Å². The van der Waals surface area contributed by atoms with E-state index in [0.29, 0.717) is 0 Å². The Balaban J connectivity index is 0.834. The van der Waals surface area contributed by atoms with E-state index in [-0.39, 0.29) is 17.3 Å². The van der Waals surface area contributed by atoms with E-state index in [4.69, 9.17) is 0 Å². The SMILES string of the molecule is Cc1ccc(N(c2ccc(Sc3ccc(N(c4ccccc4)c4cccc(C)c4)cc3)cc2)c2ccc(C(c3ccccc3)c3ccc4c(c3)C(C)(C)c3cc(C(c5ccccc5)c5ccccc5)ccc3-4)cc2)cc1. The van der Waals surface area contributed by atoms with Crippen LogP contribution < -0.4 is 9.80 Å². The van der Waals surface area contributed by atoms with E-state index in [9.17, 15) is 0 Å². The van der Waals surface area contributed by atoms with Crippen molar-refractivity contribution >= 4 is 45.9 Å². The molecule has 0 aliphatic heterocycles. The van der Waals surface area contributed by atoms with Crippen molar-refractivity contribution in [3.63, 3.8) is 0 Å². The minimum atomic E-state index is -0.195. The van der Waals surface area contributed by atoms with Crippen LogP contribution in [0.5, 0.6) is 0 Å². The van der Waals surface area contributed by atoms with E-state index < -0.39 is 0 Å². The molecule has 0 amide bonds. The smallest absolute Gasteiger partial charge is 0.0464 e. The quantitative estimate of drug-likeness (QED) is 0.100. The lowest BCUT2D eigenvalue weighted by Gasteiger charge is -2.27. The van der Waals surface area contributed by atoms with Crippen LogP contribution in [-0.4, -0.2) is 0 Å². The van der Waals surface area contributed by atoms with E-state index in [1.165, 1.54) is 76.6 Å². The topological polar surface area (TPSA) is 6.48 Å². The van der Waals surface area contributed by atoms with Crippen LogP contribution in [0.3, 0.4) is 0 Å². The Kier molecular flexibility index (Phi) is 13.3. The molecule has 368 valence electrons. The Bertz CT molecular complexity index is 3700. The van der Waals surface area contributed by atoms with Gasteiger partial charge in [0.2, 0.25) is 0 Å². The maximum Gasteiger partial charge on any atom is 0.0464 e. The molecular formula is C73H60N2S. The van der Waals surface area contributed by atoms with E-state index in [1.54, 1.807) is 11.8 Å². The molecule has 1 atom stereocenters. The van der Waals surface area contributed by atoms with Crippen molar-refractivity contribution in [3.8, 4) is 11.1 Å². The highest BCUT2D eigenvalue weighted by atomic mass is 32.2. The van der Waals surface area contributed by atoms with E-state index >= 15 is 0 Å². The van der Waals surface area contributed by atoms with Crippen LogP contribution in [-0.2, 0) is 5.41 Å². The summed E-state index contributed by atoms with van der Waals surface area (Å²) in [5.41, 5.74) is 22.2. The Morgan fingerprint density at radius 2 is 0.632 bits per heavy atom. The van der Waals surface area contributed by atoms with Gasteiger partial charge in [-0.25, -0.2) is 0 Å². The summed E-state index contributed by atoms with van der Waals surface area (Å²) >= 11 is 1.78. The molecule has 76 heavy (non-hydrogen) atoms. The fraction of sp³-hybridized carbons (Fsp3) is 0.0959. The van der Waals surface area contributed by atoms with Gasteiger partial charge in [-0.3, -0.25) is 0 Å². The summed E-state index contributed by atoms with van der Waals surface area (Å²) in [6.45, 7) is 9.11.